The Morgan fingerprint density at radius 2 is 1.65 bits per heavy atom. The van der Waals surface area contributed by atoms with Gasteiger partial charge in [-0.3, -0.25) is 0 Å². The Kier molecular flexibility index (Phi) is 3.52. The van der Waals surface area contributed by atoms with E-state index in [9.17, 15) is 8.42 Å². The fraction of sp³-hybridized carbons (Fsp3) is 0.308. The zero-order chi connectivity index (χ0) is 14.3. The SMILES string of the molecule is O=S1(=O)CCN(c2ccc3c(Cl)ccc(Cl)c3n2)CC1. The Balaban J connectivity index is 2.00. The van der Waals surface area contributed by atoms with Crippen LogP contribution in [0.25, 0.3) is 10.9 Å². The van der Waals surface area contributed by atoms with E-state index in [1.54, 1.807) is 12.1 Å². The molecule has 0 amide bonds. The van der Waals surface area contributed by atoms with E-state index in [4.69, 9.17) is 23.2 Å². The molecular formula is C13H12Cl2N2O2S. The van der Waals surface area contributed by atoms with Gasteiger partial charge in [-0.1, -0.05) is 23.2 Å². The van der Waals surface area contributed by atoms with Crippen LogP contribution in [0.15, 0.2) is 24.3 Å². The van der Waals surface area contributed by atoms with Gasteiger partial charge < -0.3 is 4.90 Å². The molecule has 106 valence electrons. The molecule has 1 aromatic carbocycles. The molecule has 1 aliphatic rings. The summed E-state index contributed by atoms with van der Waals surface area (Å²) in [4.78, 5) is 6.48. The molecule has 0 atom stereocenters. The molecule has 20 heavy (non-hydrogen) atoms. The fourth-order valence-corrected chi connectivity index (χ4v) is 3.88. The van der Waals surface area contributed by atoms with E-state index in [0.29, 0.717) is 28.7 Å². The third kappa shape index (κ3) is 2.57. The van der Waals surface area contributed by atoms with E-state index >= 15 is 0 Å². The van der Waals surface area contributed by atoms with Crippen molar-refractivity contribution < 1.29 is 8.42 Å². The van der Waals surface area contributed by atoms with Gasteiger partial charge in [0.25, 0.3) is 0 Å². The first-order valence-corrected chi connectivity index (χ1v) is 8.74. The van der Waals surface area contributed by atoms with Crippen LogP contribution in [0.2, 0.25) is 10.0 Å². The van der Waals surface area contributed by atoms with Gasteiger partial charge in [0.1, 0.15) is 5.82 Å². The largest absolute Gasteiger partial charge is 0.355 e. The van der Waals surface area contributed by atoms with Crippen molar-refractivity contribution in [3.05, 3.63) is 34.3 Å². The molecule has 2 aromatic rings. The minimum absolute atomic E-state index is 0.163. The highest BCUT2D eigenvalue weighted by Crippen LogP contribution is 2.30. The highest BCUT2D eigenvalue weighted by atomic mass is 35.5. The number of aromatic nitrogens is 1. The first kappa shape index (κ1) is 13.9. The minimum Gasteiger partial charge on any atom is -0.355 e. The van der Waals surface area contributed by atoms with Crippen molar-refractivity contribution >= 4 is 49.8 Å². The number of benzene rings is 1. The summed E-state index contributed by atoms with van der Waals surface area (Å²) in [6.45, 7) is 0.915. The van der Waals surface area contributed by atoms with E-state index in [2.05, 4.69) is 4.98 Å². The molecule has 2 heterocycles. The summed E-state index contributed by atoms with van der Waals surface area (Å²) in [7, 11) is -2.90. The lowest BCUT2D eigenvalue weighted by Crippen LogP contribution is -2.40. The van der Waals surface area contributed by atoms with Crippen molar-refractivity contribution in [1.29, 1.82) is 0 Å². The Morgan fingerprint density at radius 1 is 1.00 bits per heavy atom. The number of rotatable bonds is 1. The predicted octanol–water partition coefficient (Wildman–Crippen LogP) is 2.78. The maximum absolute atomic E-state index is 11.5. The molecule has 0 aliphatic carbocycles. The molecule has 0 spiro atoms. The van der Waals surface area contributed by atoms with Gasteiger partial charge >= 0.3 is 0 Å². The van der Waals surface area contributed by atoms with Gasteiger partial charge in [-0.05, 0) is 24.3 Å². The lowest BCUT2D eigenvalue weighted by atomic mass is 10.2. The molecule has 1 saturated heterocycles. The van der Waals surface area contributed by atoms with Crippen molar-refractivity contribution in [2.45, 2.75) is 0 Å². The Morgan fingerprint density at radius 3 is 2.35 bits per heavy atom. The summed E-state index contributed by atoms with van der Waals surface area (Å²) >= 11 is 12.3. The molecule has 1 aliphatic heterocycles. The number of fused-ring (bicyclic) bond motifs is 1. The maximum Gasteiger partial charge on any atom is 0.153 e. The average molecular weight is 331 g/mol. The molecule has 1 fully saturated rings. The zero-order valence-electron chi connectivity index (χ0n) is 10.5. The molecule has 7 heteroatoms. The highest BCUT2D eigenvalue weighted by Gasteiger charge is 2.22. The van der Waals surface area contributed by atoms with Gasteiger partial charge in [-0.15, -0.1) is 0 Å². The molecule has 0 N–H and O–H groups in total. The van der Waals surface area contributed by atoms with E-state index in [1.807, 2.05) is 17.0 Å². The smallest absolute Gasteiger partial charge is 0.153 e. The van der Waals surface area contributed by atoms with Gasteiger partial charge in [0, 0.05) is 18.5 Å². The van der Waals surface area contributed by atoms with Crippen LogP contribution in [0.3, 0.4) is 0 Å². The monoisotopic (exact) mass is 330 g/mol. The third-order valence-corrected chi connectivity index (χ3v) is 5.65. The topological polar surface area (TPSA) is 50.3 Å². The lowest BCUT2D eigenvalue weighted by molar-refractivity contribution is 0.586. The van der Waals surface area contributed by atoms with Crippen LogP contribution in [0.4, 0.5) is 5.82 Å². The predicted molar refractivity (Wildman–Crippen MR) is 82.6 cm³/mol. The zero-order valence-corrected chi connectivity index (χ0v) is 12.8. The third-order valence-electron chi connectivity index (χ3n) is 3.41. The number of nitrogens with zero attached hydrogens (tertiary/aromatic N) is 2. The van der Waals surface area contributed by atoms with Crippen molar-refractivity contribution in [2.75, 3.05) is 29.5 Å². The standard InChI is InChI=1S/C13H12Cl2N2O2S/c14-10-2-3-11(15)13-9(10)1-4-12(16-13)17-5-7-20(18,19)8-6-17/h1-4H,5-8H2. The average Bonchev–Trinajstić information content (AvgIpc) is 2.43. The van der Waals surface area contributed by atoms with Crippen LogP contribution in [0.5, 0.6) is 0 Å². The number of hydrogen-bond acceptors (Lipinski definition) is 4. The van der Waals surface area contributed by atoms with Gasteiger partial charge in [-0.2, -0.15) is 0 Å². The molecule has 0 radical (unpaired) electrons. The van der Waals surface area contributed by atoms with Gasteiger partial charge in [-0.25, -0.2) is 13.4 Å². The summed E-state index contributed by atoms with van der Waals surface area (Å²) in [6.07, 6.45) is 0. The van der Waals surface area contributed by atoms with Crippen LogP contribution < -0.4 is 4.90 Å². The van der Waals surface area contributed by atoms with Gasteiger partial charge in [0.05, 0.1) is 27.1 Å². The van der Waals surface area contributed by atoms with Crippen molar-refractivity contribution in [3.8, 4) is 0 Å². The van der Waals surface area contributed by atoms with Crippen molar-refractivity contribution in [2.24, 2.45) is 0 Å². The molecule has 0 bridgehead atoms. The lowest BCUT2D eigenvalue weighted by Gasteiger charge is -2.27. The van der Waals surface area contributed by atoms with Crippen LogP contribution in [-0.2, 0) is 9.84 Å². The molecule has 0 unspecified atom stereocenters. The van der Waals surface area contributed by atoms with Gasteiger partial charge in [0.2, 0.25) is 0 Å². The van der Waals surface area contributed by atoms with Crippen LogP contribution in [-0.4, -0.2) is 38.0 Å². The minimum atomic E-state index is -2.90. The van der Waals surface area contributed by atoms with Crippen molar-refractivity contribution in [3.63, 3.8) is 0 Å². The normalized spacial score (nSPS) is 18.4. The molecule has 0 saturated carbocycles. The fourth-order valence-electron chi connectivity index (χ4n) is 2.26. The number of halogens is 2. The Labute approximate surface area is 127 Å². The Hall–Kier alpha value is -1.04. The summed E-state index contributed by atoms with van der Waals surface area (Å²) in [5, 5.41) is 1.94. The number of pyridine rings is 1. The van der Waals surface area contributed by atoms with Crippen LogP contribution >= 0.6 is 23.2 Å². The number of hydrogen-bond donors (Lipinski definition) is 0. The first-order valence-electron chi connectivity index (χ1n) is 6.16. The summed E-state index contributed by atoms with van der Waals surface area (Å²) in [5.74, 6) is 1.06. The second-order valence-corrected chi connectivity index (χ2v) is 7.85. The Bertz CT molecular complexity index is 763. The number of anilines is 1. The summed E-state index contributed by atoms with van der Waals surface area (Å²) < 4.78 is 22.9. The molecular weight excluding hydrogens is 319 g/mol. The maximum atomic E-state index is 11.5. The van der Waals surface area contributed by atoms with Crippen LogP contribution in [0, 0.1) is 0 Å². The second kappa shape index (κ2) is 5.06. The summed E-state index contributed by atoms with van der Waals surface area (Å²) in [6, 6.07) is 7.17. The molecule has 3 rings (SSSR count). The van der Waals surface area contributed by atoms with E-state index < -0.39 is 9.84 Å². The molecule has 4 nitrogen and oxygen atoms in total. The second-order valence-electron chi connectivity index (χ2n) is 4.73. The molecule has 1 aromatic heterocycles. The van der Waals surface area contributed by atoms with Crippen LogP contribution in [0.1, 0.15) is 0 Å². The van der Waals surface area contributed by atoms with E-state index in [-0.39, 0.29) is 11.5 Å². The highest BCUT2D eigenvalue weighted by molar-refractivity contribution is 7.91. The van der Waals surface area contributed by atoms with E-state index in [0.717, 1.165) is 11.2 Å². The quantitative estimate of drug-likeness (QED) is 0.806. The first-order chi connectivity index (χ1) is 9.46. The van der Waals surface area contributed by atoms with E-state index in [1.165, 1.54) is 0 Å². The van der Waals surface area contributed by atoms with Crippen molar-refractivity contribution in [1.82, 2.24) is 4.98 Å². The summed E-state index contributed by atoms with van der Waals surface area (Å²) in [5.41, 5.74) is 0.644. The number of sulfone groups is 1. The van der Waals surface area contributed by atoms with Gasteiger partial charge in [0.15, 0.2) is 9.84 Å².